The number of aliphatic hydroxyl groups excluding tert-OH is 1. The molecule has 0 bridgehead atoms. The molecule has 6 nitrogen and oxygen atoms in total. The van der Waals surface area contributed by atoms with Gasteiger partial charge in [0, 0.05) is 17.7 Å². The fraction of sp³-hybridized carbons (Fsp3) is 0.267. The summed E-state index contributed by atoms with van der Waals surface area (Å²) < 4.78 is 17.0. The highest BCUT2D eigenvalue weighted by atomic mass is 16.5. The fourth-order valence-corrected chi connectivity index (χ4v) is 3.52. The summed E-state index contributed by atoms with van der Waals surface area (Å²) in [5.74, 6) is -1.46. The number of ether oxygens (including phenoxy) is 3. The molecule has 0 radical (unpaired) electrons. The Labute approximate surface area is 212 Å². The van der Waals surface area contributed by atoms with E-state index in [0.29, 0.717) is 18.1 Å². The van der Waals surface area contributed by atoms with E-state index in [4.69, 9.17) is 14.2 Å². The lowest BCUT2D eigenvalue weighted by molar-refractivity contribution is -0.151. The maximum atomic E-state index is 12.2. The third kappa shape index (κ3) is 7.22. The molecule has 36 heavy (non-hydrogen) atoms. The van der Waals surface area contributed by atoms with E-state index in [1.807, 2.05) is 81.4 Å². The highest BCUT2D eigenvalue weighted by Crippen LogP contribution is 2.39. The maximum absolute atomic E-state index is 12.2. The van der Waals surface area contributed by atoms with Gasteiger partial charge in [0.05, 0.1) is 12.2 Å². The Hall–Kier alpha value is -4.06. The largest absolute Gasteiger partial charge is 0.507 e. The van der Waals surface area contributed by atoms with Crippen LogP contribution in [0.4, 0.5) is 0 Å². The standard InChI is InChI=1S/C30H32O6/c1-5-34-29(33)26(32)17-25(31)23-16-24(30(2,3)4)28(36-20-22-14-10-7-11-15-22)18-27(23)35-19-21-12-8-6-9-13-21/h6-18,31H,5,19-20H2,1-4H3. The van der Waals surface area contributed by atoms with E-state index in [9.17, 15) is 14.7 Å². The lowest BCUT2D eigenvalue weighted by Gasteiger charge is -2.25. The van der Waals surface area contributed by atoms with Gasteiger partial charge in [-0.05, 0) is 29.5 Å². The average molecular weight is 489 g/mol. The van der Waals surface area contributed by atoms with Gasteiger partial charge in [0.2, 0.25) is 0 Å². The minimum absolute atomic E-state index is 0.0617. The molecular formula is C30H32O6. The third-order valence-electron chi connectivity index (χ3n) is 5.38. The second-order valence-electron chi connectivity index (χ2n) is 9.26. The van der Waals surface area contributed by atoms with E-state index >= 15 is 0 Å². The number of aliphatic hydroxyl groups is 1. The van der Waals surface area contributed by atoms with Crippen LogP contribution in [0.5, 0.6) is 11.5 Å². The molecule has 0 spiro atoms. The van der Waals surface area contributed by atoms with Gasteiger partial charge in [-0.2, -0.15) is 0 Å². The van der Waals surface area contributed by atoms with Gasteiger partial charge in [0.1, 0.15) is 30.5 Å². The predicted molar refractivity (Wildman–Crippen MR) is 139 cm³/mol. The van der Waals surface area contributed by atoms with E-state index in [2.05, 4.69) is 0 Å². The molecule has 3 aromatic rings. The van der Waals surface area contributed by atoms with Crippen LogP contribution in [0.25, 0.3) is 5.76 Å². The van der Waals surface area contributed by atoms with Crippen LogP contribution in [0.3, 0.4) is 0 Å². The number of esters is 1. The lowest BCUT2D eigenvalue weighted by Crippen LogP contribution is -2.16. The van der Waals surface area contributed by atoms with Gasteiger partial charge in [0.15, 0.2) is 0 Å². The molecule has 0 aliphatic rings. The van der Waals surface area contributed by atoms with Crippen LogP contribution >= 0.6 is 0 Å². The molecular weight excluding hydrogens is 456 g/mol. The van der Waals surface area contributed by atoms with E-state index in [-0.39, 0.29) is 24.2 Å². The van der Waals surface area contributed by atoms with Crippen molar-refractivity contribution in [3.05, 3.63) is 101 Å². The molecule has 1 N–H and O–H groups in total. The molecule has 0 saturated heterocycles. The van der Waals surface area contributed by atoms with Crippen molar-refractivity contribution in [1.29, 1.82) is 0 Å². The molecule has 0 amide bonds. The van der Waals surface area contributed by atoms with Gasteiger partial charge in [-0.25, -0.2) is 4.79 Å². The van der Waals surface area contributed by atoms with E-state index in [0.717, 1.165) is 22.8 Å². The second-order valence-corrected chi connectivity index (χ2v) is 9.26. The molecule has 3 aromatic carbocycles. The van der Waals surface area contributed by atoms with Crippen LogP contribution in [0.1, 0.15) is 49.9 Å². The quantitative estimate of drug-likeness (QED) is 0.159. The number of carbonyl (C=O) groups excluding carboxylic acids is 2. The van der Waals surface area contributed by atoms with Crippen LogP contribution in [-0.2, 0) is 33.0 Å². The topological polar surface area (TPSA) is 82.1 Å². The number of rotatable bonds is 10. The fourth-order valence-electron chi connectivity index (χ4n) is 3.52. The Morgan fingerprint density at radius 1 is 0.833 bits per heavy atom. The predicted octanol–water partition coefficient (Wildman–Crippen LogP) is 6.17. The van der Waals surface area contributed by atoms with E-state index in [1.165, 1.54) is 0 Å². The Morgan fingerprint density at radius 2 is 1.36 bits per heavy atom. The van der Waals surface area contributed by atoms with Crippen LogP contribution in [0.15, 0.2) is 78.9 Å². The summed E-state index contributed by atoms with van der Waals surface area (Å²) in [5.41, 5.74) is 2.67. The van der Waals surface area contributed by atoms with Crippen LogP contribution in [0, 0.1) is 0 Å². The molecule has 3 rings (SSSR count). The molecule has 0 aromatic heterocycles. The lowest BCUT2D eigenvalue weighted by atomic mass is 9.84. The van der Waals surface area contributed by atoms with E-state index in [1.54, 1.807) is 19.1 Å². The summed E-state index contributed by atoms with van der Waals surface area (Å²) in [6.45, 7) is 8.33. The highest BCUT2D eigenvalue weighted by molar-refractivity contribution is 6.39. The highest BCUT2D eigenvalue weighted by Gasteiger charge is 2.25. The molecule has 0 aliphatic carbocycles. The van der Waals surface area contributed by atoms with Crippen molar-refractivity contribution < 1.29 is 28.9 Å². The van der Waals surface area contributed by atoms with Crippen LogP contribution in [-0.4, -0.2) is 23.5 Å². The molecule has 0 fully saturated rings. The molecule has 188 valence electrons. The minimum atomic E-state index is -1.03. The average Bonchev–Trinajstić information content (AvgIpc) is 2.86. The van der Waals surface area contributed by atoms with Crippen LogP contribution < -0.4 is 9.47 Å². The Balaban J connectivity index is 2.04. The van der Waals surface area contributed by atoms with Crippen molar-refractivity contribution >= 4 is 17.5 Å². The number of hydrogen-bond donors (Lipinski definition) is 1. The third-order valence-corrected chi connectivity index (χ3v) is 5.38. The first kappa shape index (κ1) is 26.5. The summed E-state index contributed by atoms with van der Waals surface area (Å²) in [7, 11) is 0. The summed E-state index contributed by atoms with van der Waals surface area (Å²) >= 11 is 0. The molecule has 0 heterocycles. The number of carbonyl (C=O) groups is 2. The van der Waals surface area contributed by atoms with Crippen molar-refractivity contribution in [2.45, 2.75) is 46.3 Å². The zero-order valence-electron chi connectivity index (χ0n) is 21.1. The van der Waals surface area contributed by atoms with Crippen molar-refractivity contribution in [1.82, 2.24) is 0 Å². The van der Waals surface area contributed by atoms with Crippen molar-refractivity contribution in [3.63, 3.8) is 0 Å². The summed E-state index contributed by atoms with van der Waals surface area (Å²) in [5, 5.41) is 10.9. The summed E-state index contributed by atoms with van der Waals surface area (Å²) in [4.78, 5) is 24.1. The number of benzene rings is 3. The van der Waals surface area contributed by atoms with Gasteiger partial charge < -0.3 is 19.3 Å². The normalized spacial score (nSPS) is 11.6. The molecule has 0 aliphatic heterocycles. The van der Waals surface area contributed by atoms with Gasteiger partial charge in [-0.1, -0.05) is 81.4 Å². The Morgan fingerprint density at radius 3 is 1.86 bits per heavy atom. The molecule has 0 saturated carbocycles. The molecule has 0 atom stereocenters. The number of ketones is 1. The van der Waals surface area contributed by atoms with Gasteiger partial charge in [0.25, 0.3) is 5.78 Å². The molecule has 0 unspecified atom stereocenters. The first-order valence-electron chi connectivity index (χ1n) is 11.8. The smallest absolute Gasteiger partial charge is 0.379 e. The Bertz CT molecular complexity index is 1210. The molecule has 6 heteroatoms. The second kappa shape index (κ2) is 12.1. The zero-order valence-corrected chi connectivity index (χ0v) is 21.1. The minimum Gasteiger partial charge on any atom is -0.507 e. The van der Waals surface area contributed by atoms with E-state index < -0.39 is 17.5 Å². The summed E-state index contributed by atoms with van der Waals surface area (Å²) in [6, 6.07) is 22.9. The van der Waals surface area contributed by atoms with Crippen molar-refractivity contribution in [3.8, 4) is 11.5 Å². The first-order valence-corrected chi connectivity index (χ1v) is 11.8. The SMILES string of the molecule is CCOC(=O)C(=O)C=C(O)c1cc(C(C)(C)C)c(OCc2ccccc2)cc1OCc1ccccc1. The Kier molecular flexibility index (Phi) is 8.90. The maximum Gasteiger partial charge on any atom is 0.379 e. The summed E-state index contributed by atoms with van der Waals surface area (Å²) in [6.07, 6.45) is 0.861. The van der Waals surface area contributed by atoms with Gasteiger partial charge >= 0.3 is 5.97 Å². The first-order chi connectivity index (χ1) is 17.2. The van der Waals surface area contributed by atoms with Gasteiger partial charge in [-0.3, -0.25) is 4.79 Å². The van der Waals surface area contributed by atoms with Gasteiger partial charge in [-0.15, -0.1) is 0 Å². The monoisotopic (exact) mass is 488 g/mol. The van der Waals surface area contributed by atoms with Crippen LogP contribution in [0.2, 0.25) is 0 Å². The number of hydrogen-bond acceptors (Lipinski definition) is 6. The zero-order chi connectivity index (χ0) is 26.1. The van der Waals surface area contributed by atoms with Crippen molar-refractivity contribution in [2.75, 3.05) is 6.61 Å². The van der Waals surface area contributed by atoms with Crippen molar-refractivity contribution in [2.24, 2.45) is 0 Å².